The van der Waals surface area contributed by atoms with Crippen molar-refractivity contribution in [2.24, 2.45) is 0 Å². The molecule has 4 rings (SSSR count). The van der Waals surface area contributed by atoms with Gasteiger partial charge in [-0.3, -0.25) is 4.79 Å². The molecular formula is C16H11BrN2O. The molecule has 3 nitrogen and oxygen atoms in total. The predicted molar refractivity (Wildman–Crippen MR) is 81.0 cm³/mol. The molecule has 0 bridgehead atoms. The lowest BCUT2D eigenvalue weighted by atomic mass is 10.0. The molecule has 0 spiro atoms. The number of Topliss-reactive ketones (excluding diaryl/α,β-unsaturated/α-hetero) is 1. The number of benzene rings is 2. The maximum Gasteiger partial charge on any atom is 0.200 e. The van der Waals surface area contributed by atoms with Crippen LogP contribution >= 0.6 is 15.9 Å². The van der Waals surface area contributed by atoms with Gasteiger partial charge in [-0.2, -0.15) is 0 Å². The van der Waals surface area contributed by atoms with Crippen LogP contribution in [-0.2, 0) is 0 Å². The molecule has 0 N–H and O–H groups in total. The standard InChI is InChI=1S/C16H11BrN2O/c17-11-6-7-12-14(8-11)19-13(9-15(20)16(19)18-12)10-4-2-1-3-5-10/h1-8,13H,9H2. The second kappa shape index (κ2) is 4.28. The summed E-state index contributed by atoms with van der Waals surface area (Å²) in [5.41, 5.74) is 3.03. The average Bonchev–Trinajstić information content (AvgIpc) is 2.98. The smallest absolute Gasteiger partial charge is 0.200 e. The van der Waals surface area contributed by atoms with Gasteiger partial charge in [-0.25, -0.2) is 4.98 Å². The quantitative estimate of drug-likeness (QED) is 0.678. The van der Waals surface area contributed by atoms with Crippen molar-refractivity contribution < 1.29 is 4.79 Å². The Labute approximate surface area is 124 Å². The van der Waals surface area contributed by atoms with E-state index in [1.54, 1.807) is 0 Å². The van der Waals surface area contributed by atoms with Gasteiger partial charge in [0, 0.05) is 10.9 Å². The minimum absolute atomic E-state index is 0.0537. The first kappa shape index (κ1) is 11.9. The van der Waals surface area contributed by atoms with Crippen molar-refractivity contribution in [2.75, 3.05) is 0 Å². The van der Waals surface area contributed by atoms with E-state index in [1.165, 1.54) is 0 Å². The Morgan fingerprint density at radius 1 is 1.15 bits per heavy atom. The molecule has 3 aromatic rings. The van der Waals surface area contributed by atoms with Gasteiger partial charge >= 0.3 is 0 Å². The third kappa shape index (κ3) is 1.64. The Kier molecular flexibility index (Phi) is 2.54. The molecule has 1 aliphatic rings. The number of carbonyl (C=O) groups excluding carboxylic acids is 1. The van der Waals surface area contributed by atoms with Crippen LogP contribution in [0.2, 0.25) is 0 Å². The molecule has 0 saturated heterocycles. The van der Waals surface area contributed by atoms with Crippen molar-refractivity contribution in [1.29, 1.82) is 0 Å². The third-order valence-electron chi connectivity index (χ3n) is 3.78. The second-order valence-electron chi connectivity index (χ2n) is 4.99. The number of aromatic nitrogens is 2. The lowest BCUT2D eigenvalue weighted by Crippen LogP contribution is -2.05. The van der Waals surface area contributed by atoms with Gasteiger partial charge in [-0.15, -0.1) is 0 Å². The van der Waals surface area contributed by atoms with Crippen molar-refractivity contribution >= 4 is 32.7 Å². The summed E-state index contributed by atoms with van der Waals surface area (Å²) in [5, 5.41) is 0. The number of imidazole rings is 1. The maximum absolute atomic E-state index is 12.2. The van der Waals surface area contributed by atoms with Crippen molar-refractivity contribution in [2.45, 2.75) is 12.5 Å². The zero-order valence-corrected chi connectivity index (χ0v) is 12.2. The Hall–Kier alpha value is -1.94. The summed E-state index contributed by atoms with van der Waals surface area (Å²) in [7, 11) is 0. The zero-order valence-electron chi connectivity index (χ0n) is 10.6. The van der Waals surface area contributed by atoms with Crippen LogP contribution in [0.4, 0.5) is 0 Å². The minimum atomic E-state index is 0.0537. The molecule has 0 fully saturated rings. The Morgan fingerprint density at radius 2 is 1.95 bits per heavy atom. The van der Waals surface area contributed by atoms with E-state index in [-0.39, 0.29) is 11.8 Å². The largest absolute Gasteiger partial charge is 0.313 e. The first-order valence-corrected chi connectivity index (χ1v) is 7.29. The first-order chi connectivity index (χ1) is 9.74. The average molecular weight is 327 g/mol. The van der Waals surface area contributed by atoms with Crippen LogP contribution < -0.4 is 0 Å². The van der Waals surface area contributed by atoms with E-state index >= 15 is 0 Å². The highest BCUT2D eigenvalue weighted by Crippen LogP contribution is 2.36. The van der Waals surface area contributed by atoms with E-state index < -0.39 is 0 Å². The number of carbonyl (C=O) groups is 1. The molecule has 1 aromatic heterocycles. The fraction of sp³-hybridized carbons (Fsp3) is 0.125. The van der Waals surface area contributed by atoms with Gasteiger partial charge in [0.05, 0.1) is 17.1 Å². The fourth-order valence-corrected chi connectivity index (χ4v) is 3.23. The van der Waals surface area contributed by atoms with E-state index in [2.05, 4.69) is 37.6 Å². The zero-order chi connectivity index (χ0) is 13.7. The first-order valence-electron chi connectivity index (χ1n) is 6.49. The SMILES string of the molecule is O=C1CC(c2ccccc2)n2c1nc1ccc(Br)cc12. The lowest BCUT2D eigenvalue weighted by Gasteiger charge is -2.13. The number of fused-ring (bicyclic) bond motifs is 3. The van der Waals surface area contributed by atoms with E-state index in [9.17, 15) is 4.79 Å². The number of hydrogen-bond acceptors (Lipinski definition) is 2. The minimum Gasteiger partial charge on any atom is -0.313 e. The Morgan fingerprint density at radius 3 is 2.75 bits per heavy atom. The van der Waals surface area contributed by atoms with Gasteiger partial charge in [-0.05, 0) is 23.8 Å². The summed E-state index contributed by atoms with van der Waals surface area (Å²) in [6, 6.07) is 16.1. The van der Waals surface area contributed by atoms with Crippen LogP contribution in [0, 0.1) is 0 Å². The van der Waals surface area contributed by atoms with E-state index in [1.807, 2.05) is 36.4 Å². The molecule has 4 heteroatoms. The van der Waals surface area contributed by atoms with Crippen molar-refractivity contribution in [3.8, 4) is 0 Å². The molecule has 0 aliphatic carbocycles. The highest BCUT2D eigenvalue weighted by atomic mass is 79.9. The molecule has 2 heterocycles. The van der Waals surface area contributed by atoms with Gasteiger partial charge in [0.2, 0.25) is 5.78 Å². The fourth-order valence-electron chi connectivity index (χ4n) is 2.88. The summed E-state index contributed by atoms with van der Waals surface area (Å²) in [4.78, 5) is 16.7. The normalized spacial score (nSPS) is 17.6. The Balaban J connectivity index is 1.99. The molecular weight excluding hydrogens is 316 g/mol. The van der Waals surface area contributed by atoms with Gasteiger partial charge in [0.1, 0.15) is 0 Å². The molecule has 0 saturated carbocycles. The number of rotatable bonds is 1. The predicted octanol–water partition coefficient (Wildman–Crippen LogP) is 3.97. The molecule has 1 unspecified atom stereocenters. The molecule has 2 aromatic carbocycles. The van der Waals surface area contributed by atoms with Gasteiger partial charge in [0.15, 0.2) is 5.82 Å². The van der Waals surface area contributed by atoms with Crippen LogP contribution in [0.15, 0.2) is 53.0 Å². The van der Waals surface area contributed by atoms with Gasteiger partial charge < -0.3 is 4.57 Å². The van der Waals surface area contributed by atoms with Crippen LogP contribution in [0.5, 0.6) is 0 Å². The van der Waals surface area contributed by atoms with Crippen molar-refractivity contribution in [1.82, 2.24) is 9.55 Å². The van der Waals surface area contributed by atoms with Crippen LogP contribution in [0.25, 0.3) is 11.0 Å². The molecule has 1 aliphatic heterocycles. The van der Waals surface area contributed by atoms with Crippen LogP contribution in [-0.4, -0.2) is 15.3 Å². The Bertz CT molecular complexity index is 823. The number of nitrogens with zero attached hydrogens (tertiary/aromatic N) is 2. The molecule has 0 amide bonds. The van der Waals surface area contributed by atoms with Gasteiger partial charge in [0.25, 0.3) is 0 Å². The molecule has 1 atom stereocenters. The van der Waals surface area contributed by atoms with E-state index in [0.717, 1.165) is 21.1 Å². The monoisotopic (exact) mass is 326 g/mol. The highest BCUT2D eigenvalue weighted by molar-refractivity contribution is 9.10. The number of halogens is 1. The van der Waals surface area contributed by atoms with E-state index in [4.69, 9.17) is 0 Å². The summed E-state index contributed by atoms with van der Waals surface area (Å²) < 4.78 is 3.07. The summed E-state index contributed by atoms with van der Waals surface area (Å²) in [6.07, 6.45) is 0.495. The number of ketones is 1. The molecule has 98 valence electrons. The maximum atomic E-state index is 12.2. The number of hydrogen-bond donors (Lipinski definition) is 0. The summed E-state index contributed by atoms with van der Waals surface area (Å²) >= 11 is 3.49. The lowest BCUT2D eigenvalue weighted by molar-refractivity contribution is 0.0987. The summed E-state index contributed by atoms with van der Waals surface area (Å²) in [6.45, 7) is 0. The van der Waals surface area contributed by atoms with Gasteiger partial charge in [-0.1, -0.05) is 46.3 Å². The molecule has 20 heavy (non-hydrogen) atoms. The second-order valence-corrected chi connectivity index (χ2v) is 5.91. The molecule has 0 radical (unpaired) electrons. The van der Waals surface area contributed by atoms with Crippen molar-refractivity contribution in [3.63, 3.8) is 0 Å². The highest BCUT2D eigenvalue weighted by Gasteiger charge is 2.33. The van der Waals surface area contributed by atoms with Crippen molar-refractivity contribution in [3.05, 3.63) is 64.4 Å². The van der Waals surface area contributed by atoms with Crippen LogP contribution in [0.1, 0.15) is 28.6 Å². The van der Waals surface area contributed by atoms with E-state index in [0.29, 0.717) is 12.2 Å². The topological polar surface area (TPSA) is 34.9 Å². The summed E-state index contributed by atoms with van der Waals surface area (Å²) in [5.74, 6) is 0.693. The van der Waals surface area contributed by atoms with Crippen LogP contribution in [0.3, 0.4) is 0 Å². The third-order valence-corrected chi connectivity index (χ3v) is 4.27.